The van der Waals surface area contributed by atoms with Crippen LogP contribution >= 0.6 is 23.4 Å². The van der Waals surface area contributed by atoms with Crippen LogP contribution in [0.2, 0.25) is 5.02 Å². The topological polar surface area (TPSA) is 82.9 Å². The lowest BCUT2D eigenvalue weighted by Crippen LogP contribution is -2.41. The molecule has 2 heterocycles. The molecule has 0 aliphatic carbocycles. The Bertz CT molecular complexity index is 1250. The van der Waals surface area contributed by atoms with Gasteiger partial charge in [-0.05, 0) is 93.2 Å². The minimum Gasteiger partial charge on any atom is -0.497 e. The Balaban J connectivity index is 1.35. The number of carboxylic acids is 1. The molecule has 1 fully saturated rings. The van der Waals surface area contributed by atoms with Crippen LogP contribution in [0.4, 0.5) is 4.39 Å². The molecule has 0 amide bonds. The SMILES string of the molecule is COc1ccc2ncc(Cl)c(C(O)CCC3(CC(=O)O)CCN(CCCSc4ccccc4F)CC3)c2c1. The Labute approximate surface area is 232 Å². The molecule has 0 saturated carbocycles. The number of aliphatic hydroxyl groups excluding tert-OH is 1. The zero-order valence-corrected chi connectivity index (χ0v) is 23.1. The first-order valence-electron chi connectivity index (χ1n) is 12.9. The number of carboxylic acid groups (broad SMARTS) is 1. The van der Waals surface area contributed by atoms with E-state index in [0.717, 1.165) is 50.0 Å². The molecule has 0 bridgehead atoms. The van der Waals surface area contributed by atoms with E-state index >= 15 is 0 Å². The third-order valence-corrected chi connectivity index (χ3v) is 8.94. The molecule has 1 aliphatic heterocycles. The number of aromatic nitrogens is 1. The van der Waals surface area contributed by atoms with E-state index in [4.69, 9.17) is 16.3 Å². The lowest BCUT2D eigenvalue weighted by molar-refractivity contribution is -0.141. The van der Waals surface area contributed by atoms with Gasteiger partial charge in [-0.2, -0.15) is 0 Å². The van der Waals surface area contributed by atoms with E-state index in [0.29, 0.717) is 39.6 Å². The summed E-state index contributed by atoms with van der Waals surface area (Å²) in [6.45, 7) is 2.52. The summed E-state index contributed by atoms with van der Waals surface area (Å²) < 4.78 is 19.2. The minimum absolute atomic E-state index is 0.0787. The third kappa shape index (κ3) is 7.17. The smallest absolute Gasteiger partial charge is 0.303 e. The van der Waals surface area contributed by atoms with Crippen molar-refractivity contribution in [2.24, 2.45) is 5.41 Å². The van der Waals surface area contributed by atoms with Crippen LogP contribution < -0.4 is 4.74 Å². The van der Waals surface area contributed by atoms with Crippen molar-refractivity contribution in [3.05, 3.63) is 65.1 Å². The average molecular weight is 561 g/mol. The summed E-state index contributed by atoms with van der Waals surface area (Å²) in [5.41, 5.74) is 0.940. The van der Waals surface area contributed by atoms with Crippen molar-refractivity contribution in [1.29, 1.82) is 0 Å². The highest BCUT2D eigenvalue weighted by molar-refractivity contribution is 7.99. The Morgan fingerprint density at radius 1 is 1.26 bits per heavy atom. The van der Waals surface area contributed by atoms with E-state index in [1.165, 1.54) is 17.8 Å². The highest BCUT2D eigenvalue weighted by Crippen LogP contribution is 2.43. The maximum Gasteiger partial charge on any atom is 0.303 e. The summed E-state index contributed by atoms with van der Waals surface area (Å²) in [6.07, 6.45) is 4.21. The number of aliphatic carboxylic acids is 1. The molecule has 38 heavy (non-hydrogen) atoms. The first kappa shape index (κ1) is 28.6. The summed E-state index contributed by atoms with van der Waals surface area (Å²) in [5.74, 6) is 0.481. The number of methoxy groups -OCH3 is 1. The molecule has 1 aromatic heterocycles. The maximum absolute atomic E-state index is 13.8. The van der Waals surface area contributed by atoms with Crippen LogP contribution in [-0.4, -0.2) is 58.6 Å². The molecule has 1 unspecified atom stereocenters. The van der Waals surface area contributed by atoms with Crippen LogP contribution in [-0.2, 0) is 4.79 Å². The van der Waals surface area contributed by atoms with E-state index < -0.39 is 12.1 Å². The number of hydrogen-bond acceptors (Lipinski definition) is 6. The van der Waals surface area contributed by atoms with Crippen LogP contribution in [0.5, 0.6) is 5.75 Å². The summed E-state index contributed by atoms with van der Waals surface area (Å²) in [5, 5.41) is 22.0. The second-order valence-electron chi connectivity index (χ2n) is 10.0. The van der Waals surface area contributed by atoms with Gasteiger partial charge in [0.15, 0.2) is 0 Å². The number of likely N-dealkylation sites (tertiary alicyclic amines) is 1. The standard InChI is InChI=1S/C29H34ClFN2O4S/c1-37-20-7-8-24-21(17-20)28(22(30)19-32-24)25(34)9-10-29(18-27(35)36)11-14-33(15-12-29)13-4-16-38-26-6-3-2-5-23(26)31/h2-3,5-8,17,19,25,34H,4,9-16,18H2,1H3,(H,35,36). The molecule has 9 heteroatoms. The second kappa shape index (κ2) is 13.1. The van der Waals surface area contributed by atoms with Gasteiger partial charge >= 0.3 is 5.97 Å². The highest BCUT2D eigenvalue weighted by atomic mass is 35.5. The molecule has 6 nitrogen and oxygen atoms in total. The number of pyridine rings is 1. The molecule has 0 radical (unpaired) electrons. The Kier molecular flexibility index (Phi) is 9.87. The van der Waals surface area contributed by atoms with Crippen molar-refractivity contribution in [2.45, 2.75) is 49.5 Å². The Hall–Kier alpha value is -2.39. The fourth-order valence-electron chi connectivity index (χ4n) is 5.34. The number of fused-ring (bicyclic) bond motifs is 1. The number of aliphatic hydroxyl groups is 1. The number of thioether (sulfide) groups is 1. The minimum atomic E-state index is -0.848. The zero-order valence-electron chi connectivity index (χ0n) is 21.5. The zero-order chi connectivity index (χ0) is 27.1. The number of rotatable bonds is 12. The monoisotopic (exact) mass is 560 g/mol. The van der Waals surface area contributed by atoms with Gasteiger partial charge in [-0.1, -0.05) is 23.7 Å². The van der Waals surface area contributed by atoms with Crippen LogP contribution in [0, 0.1) is 11.2 Å². The molecule has 4 rings (SSSR count). The Morgan fingerprint density at radius 2 is 2.03 bits per heavy atom. The van der Waals surface area contributed by atoms with Crippen molar-refractivity contribution in [1.82, 2.24) is 9.88 Å². The molecule has 2 N–H and O–H groups in total. The fourth-order valence-corrected chi connectivity index (χ4v) is 6.49. The number of hydrogen-bond donors (Lipinski definition) is 2. The van der Waals surface area contributed by atoms with Crippen molar-refractivity contribution < 1.29 is 24.1 Å². The summed E-state index contributed by atoms with van der Waals surface area (Å²) >= 11 is 8.00. The molecule has 2 aromatic carbocycles. The van der Waals surface area contributed by atoms with Crippen molar-refractivity contribution >= 4 is 40.2 Å². The van der Waals surface area contributed by atoms with Crippen LogP contribution in [0.3, 0.4) is 0 Å². The molecular formula is C29H34ClFN2O4S. The first-order chi connectivity index (χ1) is 18.3. The molecule has 1 aliphatic rings. The lowest BCUT2D eigenvalue weighted by atomic mass is 9.71. The second-order valence-corrected chi connectivity index (χ2v) is 11.5. The van der Waals surface area contributed by atoms with Gasteiger partial charge < -0.3 is 19.8 Å². The number of ether oxygens (including phenoxy) is 1. The van der Waals surface area contributed by atoms with Gasteiger partial charge in [0.1, 0.15) is 11.6 Å². The molecule has 1 atom stereocenters. The van der Waals surface area contributed by atoms with Crippen LogP contribution in [0.15, 0.2) is 53.6 Å². The van der Waals surface area contributed by atoms with Gasteiger partial charge in [0, 0.05) is 22.0 Å². The molecule has 204 valence electrons. The Morgan fingerprint density at radius 3 is 2.74 bits per heavy atom. The molecule has 0 spiro atoms. The number of halogens is 2. The quantitative estimate of drug-likeness (QED) is 0.191. The largest absolute Gasteiger partial charge is 0.497 e. The number of benzene rings is 2. The van der Waals surface area contributed by atoms with Gasteiger partial charge in [-0.15, -0.1) is 11.8 Å². The number of nitrogens with zero attached hydrogens (tertiary/aromatic N) is 2. The summed E-state index contributed by atoms with van der Waals surface area (Å²) in [7, 11) is 1.58. The van der Waals surface area contributed by atoms with E-state index in [9.17, 15) is 19.4 Å². The van der Waals surface area contributed by atoms with E-state index in [1.54, 1.807) is 25.4 Å². The predicted molar refractivity (Wildman–Crippen MR) is 150 cm³/mol. The van der Waals surface area contributed by atoms with Gasteiger partial charge in [0.2, 0.25) is 0 Å². The number of piperidine rings is 1. The third-order valence-electron chi connectivity index (χ3n) is 7.51. The number of carbonyl (C=O) groups is 1. The highest BCUT2D eigenvalue weighted by Gasteiger charge is 2.37. The van der Waals surface area contributed by atoms with Crippen molar-refractivity contribution in [3.8, 4) is 5.75 Å². The van der Waals surface area contributed by atoms with Crippen LogP contribution in [0.25, 0.3) is 10.9 Å². The van der Waals surface area contributed by atoms with E-state index in [1.807, 2.05) is 24.3 Å². The van der Waals surface area contributed by atoms with Crippen molar-refractivity contribution in [2.75, 3.05) is 32.5 Å². The molecule has 1 saturated heterocycles. The summed E-state index contributed by atoms with van der Waals surface area (Å²) in [4.78, 5) is 19.2. The maximum atomic E-state index is 13.8. The van der Waals surface area contributed by atoms with Gasteiger partial charge in [-0.3, -0.25) is 9.78 Å². The van der Waals surface area contributed by atoms with Gasteiger partial charge in [-0.25, -0.2) is 4.39 Å². The summed E-state index contributed by atoms with van der Waals surface area (Å²) in [6, 6.07) is 12.3. The lowest BCUT2D eigenvalue weighted by Gasteiger charge is -2.41. The van der Waals surface area contributed by atoms with E-state index in [-0.39, 0.29) is 17.7 Å². The van der Waals surface area contributed by atoms with Gasteiger partial charge in [0.05, 0.1) is 30.2 Å². The molecular weight excluding hydrogens is 527 g/mol. The predicted octanol–water partition coefficient (Wildman–Crippen LogP) is 6.59. The van der Waals surface area contributed by atoms with Gasteiger partial charge in [0.25, 0.3) is 0 Å². The van der Waals surface area contributed by atoms with E-state index in [2.05, 4.69) is 9.88 Å². The molecule has 3 aromatic rings. The fraction of sp³-hybridized carbons (Fsp3) is 0.448. The average Bonchev–Trinajstić information content (AvgIpc) is 2.91. The van der Waals surface area contributed by atoms with Crippen LogP contribution in [0.1, 0.15) is 50.2 Å². The van der Waals surface area contributed by atoms with Crippen molar-refractivity contribution in [3.63, 3.8) is 0 Å². The first-order valence-corrected chi connectivity index (χ1v) is 14.3. The normalized spacial score (nSPS) is 16.4.